The molecule has 0 atom stereocenters. The number of hydrogen-bond donors (Lipinski definition) is 1. The Morgan fingerprint density at radius 3 is 2.79 bits per heavy atom. The SMILES string of the molecule is Cc1cc(C(=O)N(C)CC2CCOCC2)cc(N)n1. The van der Waals surface area contributed by atoms with Crippen LogP contribution in [0.2, 0.25) is 0 Å². The lowest BCUT2D eigenvalue weighted by molar-refractivity contribution is 0.0497. The molecule has 0 spiro atoms. The van der Waals surface area contributed by atoms with Crippen molar-refractivity contribution in [2.45, 2.75) is 19.8 Å². The van der Waals surface area contributed by atoms with Crippen molar-refractivity contribution >= 4 is 11.7 Å². The first-order valence-corrected chi connectivity index (χ1v) is 6.63. The average molecular weight is 263 g/mol. The lowest BCUT2D eigenvalue weighted by Crippen LogP contribution is -2.34. The Kier molecular flexibility index (Phi) is 4.37. The van der Waals surface area contributed by atoms with Crippen LogP contribution in [0.3, 0.4) is 0 Å². The normalized spacial score (nSPS) is 16.3. The van der Waals surface area contributed by atoms with Crippen LogP contribution in [0, 0.1) is 12.8 Å². The summed E-state index contributed by atoms with van der Waals surface area (Å²) in [5, 5.41) is 0. The topological polar surface area (TPSA) is 68.5 Å². The molecule has 0 bridgehead atoms. The van der Waals surface area contributed by atoms with Crippen molar-refractivity contribution in [1.82, 2.24) is 9.88 Å². The largest absolute Gasteiger partial charge is 0.384 e. The zero-order valence-electron chi connectivity index (χ0n) is 11.6. The maximum atomic E-state index is 12.3. The lowest BCUT2D eigenvalue weighted by Gasteiger charge is -2.27. The third-order valence-electron chi connectivity index (χ3n) is 3.44. The molecule has 0 aliphatic carbocycles. The highest BCUT2D eigenvalue weighted by atomic mass is 16.5. The molecule has 1 aromatic rings. The van der Waals surface area contributed by atoms with Crippen LogP contribution in [-0.2, 0) is 4.74 Å². The van der Waals surface area contributed by atoms with E-state index in [-0.39, 0.29) is 5.91 Å². The third kappa shape index (κ3) is 3.67. The minimum Gasteiger partial charge on any atom is -0.384 e. The number of pyridine rings is 1. The summed E-state index contributed by atoms with van der Waals surface area (Å²) < 4.78 is 5.33. The van der Waals surface area contributed by atoms with E-state index in [1.165, 1.54) is 0 Å². The summed E-state index contributed by atoms with van der Waals surface area (Å²) in [6.07, 6.45) is 2.05. The summed E-state index contributed by atoms with van der Waals surface area (Å²) in [6.45, 7) is 4.21. The molecule has 19 heavy (non-hydrogen) atoms. The van der Waals surface area contributed by atoms with Crippen molar-refractivity contribution in [3.05, 3.63) is 23.4 Å². The molecule has 1 aliphatic heterocycles. The molecule has 104 valence electrons. The zero-order valence-corrected chi connectivity index (χ0v) is 11.6. The molecule has 5 heteroatoms. The predicted octanol–water partition coefficient (Wildman–Crippen LogP) is 1.47. The van der Waals surface area contributed by atoms with Crippen LogP contribution in [0.1, 0.15) is 28.9 Å². The fourth-order valence-corrected chi connectivity index (χ4v) is 2.44. The van der Waals surface area contributed by atoms with Gasteiger partial charge in [-0.3, -0.25) is 4.79 Å². The summed E-state index contributed by atoms with van der Waals surface area (Å²) in [6, 6.07) is 3.41. The third-order valence-corrected chi connectivity index (χ3v) is 3.44. The number of anilines is 1. The van der Waals surface area contributed by atoms with E-state index in [9.17, 15) is 4.79 Å². The van der Waals surface area contributed by atoms with E-state index in [2.05, 4.69) is 4.98 Å². The second-order valence-electron chi connectivity index (χ2n) is 5.16. The van der Waals surface area contributed by atoms with Crippen molar-refractivity contribution < 1.29 is 9.53 Å². The first kappa shape index (κ1) is 13.8. The Balaban J connectivity index is 2.01. The molecule has 1 fully saturated rings. The van der Waals surface area contributed by atoms with Gasteiger partial charge in [0.15, 0.2) is 0 Å². The fraction of sp³-hybridized carbons (Fsp3) is 0.571. The Morgan fingerprint density at radius 2 is 2.16 bits per heavy atom. The summed E-state index contributed by atoms with van der Waals surface area (Å²) in [7, 11) is 1.84. The second kappa shape index (κ2) is 6.02. The molecule has 1 aliphatic rings. The molecule has 0 radical (unpaired) electrons. The van der Waals surface area contributed by atoms with E-state index < -0.39 is 0 Å². The van der Waals surface area contributed by atoms with Crippen molar-refractivity contribution in [3.8, 4) is 0 Å². The molecule has 0 aromatic carbocycles. The van der Waals surface area contributed by atoms with E-state index >= 15 is 0 Å². The minimum atomic E-state index is 0.00342. The lowest BCUT2D eigenvalue weighted by atomic mass is 9.99. The smallest absolute Gasteiger partial charge is 0.253 e. The van der Waals surface area contributed by atoms with Crippen LogP contribution < -0.4 is 5.73 Å². The quantitative estimate of drug-likeness (QED) is 0.896. The van der Waals surface area contributed by atoms with Crippen molar-refractivity contribution in [2.75, 3.05) is 32.5 Å². The van der Waals surface area contributed by atoms with Gasteiger partial charge in [0.2, 0.25) is 0 Å². The number of ether oxygens (including phenoxy) is 1. The van der Waals surface area contributed by atoms with Crippen LogP contribution in [0.4, 0.5) is 5.82 Å². The maximum Gasteiger partial charge on any atom is 0.253 e. The van der Waals surface area contributed by atoms with Gasteiger partial charge in [-0.15, -0.1) is 0 Å². The van der Waals surface area contributed by atoms with Gasteiger partial charge in [-0.05, 0) is 37.8 Å². The molecule has 1 amide bonds. The number of aromatic nitrogens is 1. The van der Waals surface area contributed by atoms with E-state index in [0.29, 0.717) is 17.3 Å². The van der Waals surface area contributed by atoms with E-state index in [4.69, 9.17) is 10.5 Å². The zero-order chi connectivity index (χ0) is 13.8. The number of carbonyl (C=O) groups excluding carboxylic acids is 1. The van der Waals surface area contributed by atoms with Crippen molar-refractivity contribution in [2.24, 2.45) is 5.92 Å². The predicted molar refractivity (Wildman–Crippen MR) is 73.9 cm³/mol. The van der Waals surface area contributed by atoms with Gasteiger partial charge in [0.25, 0.3) is 5.91 Å². The molecule has 1 aromatic heterocycles. The molecule has 0 unspecified atom stereocenters. The molecule has 2 N–H and O–H groups in total. The molecule has 0 saturated carbocycles. The summed E-state index contributed by atoms with van der Waals surface area (Å²) in [4.78, 5) is 18.2. The number of amides is 1. The van der Waals surface area contributed by atoms with E-state index in [1.54, 1.807) is 17.0 Å². The van der Waals surface area contributed by atoms with Crippen LogP contribution in [0.5, 0.6) is 0 Å². The number of hydrogen-bond acceptors (Lipinski definition) is 4. The average Bonchev–Trinajstić information content (AvgIpc) is 2.37. The number of nitrogen functional groups attached to an aromatic ring is 1. The number of rotatable bonds is 3. The maximum absolute atomic E-state index is 12.3. The summed E-state index contributed by atoms with van der Waals surface area (Å²) >= 11 is 0. The van der Waals surface area contributed by atoms with E-state index in [1.807, 2.05) is 14.0 Å². The molecular weight excluding hydrogens is 242 g/mol. The Morgan fingerprint density at radius 1 is 1.47 bits per heavy atom. The highest BCUT2D eigenvalue weighted by molar-refractivity contribution is 5.94. The van der Waals surface area contributed by atoms with Gasteiger partial charge in [0.05, 0.1) is 0 Å². The number of carbonyl (C=O) groups is 1. The van der Waals surface area contributed by atoms with Gasteiger partial charge in [-0.2, -0.15) is 0 Å². The highest BCUT2D eigenvalue weighted by Crippen LogP contribution is 2.17. The Hall–Kier alpha value is -1.62. The van der Waals surface area contributed by atoms with Crippen molar-refractivity contribution in [3.63, 3.8) is 0 Å². The van der Waals surface area contributed by atoms with Crippen LogP contribution in [-0.4, -0.2) is 42.6 Å². The Labute approximate surface area is 113 Å². The number of nitrogens with two attached hydrogens (primary N) is 1. The number of nitrogens with zero attached hydrogens (tertiary/aromatic N) is 2. The summed E-state index contributed by atoms with van der Waals surface area (Å²) in [5.74, 6) is 0.925. The van der Waals surface area contributed by atoms with Gasteiger partial charge in [-0.1, -0.05) is 0 Å². The molecule has 5 nitrogen and oxygen atoms in total. The minimum absolute atomic E-state index is 0.00342. The van der Waals surface area contributed by atoms with Crippen LogP contribution >= 0.6 is 0 Å². The van der Waals surface area contributed by atoms with Gasteiger partial charge >= 0.3 is 0 Å². The Bertz CT molecular complexity index is 436. The number of aryl methyl sites for hydroxylation is 1. The van der Waals surface area contributed by atoms with E-state index in [0.717, 1.165) is 38.3 Å². The fourth-order valence-electron chi connectivity index (χ4n) is 2.44. The standard InChI is InChI=1S/C14H21N3O2/c1-10-7-12(8-13(15)16-10)14(18)17(2)9-11-3-5-19-6-4-11/h7-8,11H,3-6,9H2,1-2H3,(H2,15,16). The molecule has 2 heterocycles. The monoisotopic (exact) mass is 263 g/mol. The van der Waals surface area contributed by atoms with Crippen LogP contribution in [0.15, 0.2) is 12.1 Å². The molecular formula is C14H21N3O2. The van der Waals surface area contributed by atoms with Crippen molar-refractivity contribution in [1.29, 1.82) is 0 Å². The van der Waals surface area contributed by atoms with Crippen LogP contribution in [0.25, 0.3) is 0 Å². The van der Waals surface area contributed by atoms with Gasteiger partial charge in [0, 0.05) is 38.1 Å². The molecule has 1 saturated heterocycles. The highest BCUT2D eigenvalue weighted by Gasteiger charge is 2.19. The molecule has 2 rings (SSSR count). The first-order valence-electron chi connectivity index (χ1n) is 6.63. The van der Waals surface area contributed by atoms with Gasteiger partial charge in [0.1, 0.15) is 5.82 Å². The first-order chi connectivity index (χ1) is 9.06. The van der Waals surface area contributed by atoms with Gasteiger partial charge in [-0.25, -0.2) is 4.98 Å². The van der Waals surface area contributed by atoms with Gasteiger partial charge < -0.3 is 15.4 Å². The summed E-state index contributed by atoms with van der Waals surface area (Å²) in [5.41, 5.74) is 7.06. The second-order valence-corrected chi connectivity index (χ2v) is 5.16.